The van der Waals surface area contributed by atoms with Crippen molar-refractivity contribution in [2.75, 3.05) is 0 Å². The molecule has 2 heterocycles. The highest BCUT2D eigenvalue weighted by atomic mass is 15.0. The van der Waals surface area contributed by atoms with Crippen LogP contribution in [0.2, 0.25) is 0 Å². The molecule has 0 aliphatic rings. The highest BCUT2D eigenvalue weighted by Crippen LogP contribution is 2.41. The number of hydrogen-bond donors (Lipinski definition) is 0. The van der Waals surface area contributed by atoms with Gasteiger partial charge in [-0.1, -0.05) is 158 Å². The second-order valence-electron chi connectivity index (χ2n) is 14.5. The third kappa shape index (κ3) is 5.26. The lowest BCUT2D eigenvalue weighted by molar-refractivity contribution is 1.18. The SMILES string of the molecule is c1ccc(-c2ccc(-n3c4ccccc4c4cc(-c5ccc6c(c5)c5ccc(-c7ccccc7)cc5n6-c5ccccc5)ccc43)c(-c3ccccc3)c2)cc1. The lowest BCUT2D eigenvalue weighted by Gasteiger charge is -2.16. The Kier molecular flexibility index (Phi) is 7.53. The van der Waals surface area contributed by atoms with Crippen molar-refractivity contribution in [1.82, 2.24) is 9.13 Å². The molecule has 11 aromatic rings. The maximum atomic E-state index is 2.45. The van der Waals surface area contributed by atoms with Gasteiger partial charge in [-0.25, -0.2) is 0 Å². The highest BCUT2D eigenvalue weighted by molar-refractivity contribution is 6.13. The lowest BCUT2D eigenvalue weighted by atomic mass is 9.97. The number of para-hydroxylation sites is 2. The van der Waals surface area contributed by atoms with Gasteiger partial charge in [0.25, 0.3) is 0 Å². The molecular weight excluding hydrogens is 677 g/mol. The van der Waals surface area contributed by atoms with E-state index in [0.29, 0.717) is 0 Å². The first-order valence-electron chi connectivity index (χ1n) is 19.3. The van der Waals surface area contributed by atoms with Crippen molar-refractivity contribution < 1.29 is 0 Å². The fraction of sp³-hybridized carbons (Fsp3) is 0. The first-order valence-corrected chi connectivity index (χ1v) is 19.3. The summed E-state index contributed by atoms with van der Waals surface area (Å²) in [4.78, 5) is 0. The van der Waals surface area contributed by atoms with E-state index in [9.17, 15) is 0 Å². The van der Waals surface area contributed by atoms with Crippen molar-refractivity contribution in [2.24, 2.45) is 0 Å². The Balaban J connectivity index is 1.10. The number of benzene rings is 9. The van der Waals surface area contributed by atoms with E-state index in [1.54, 1.807) is 0 Å². The molecule has 0 fully saturated rings. The third-order valence-corrected chi connectivity index (χ3v) is 11.3. The van der Waals surface area contributed by atoms with Crippen LogP contribution in [0, 0.1) is 0 Å². The van der Waals surface area contributed by atoms with Gasteiger partial charge in [-0.05, 0) is 99.6 Å². The number of hydrogen-bond acceptors (Lipinski definition) is 0. The van der Waals surface area contributed by atoms with Crippen molar-refractivity contribution in [2.45, 2.75) is 0 Å². The van der Waals surface area contributed by atoms with Gasteiger partial charge in [-0.2, -0.15) is 0 Å². The van der Waals surface area contributed by atoms with Crippen LogP contribution in [-0.2, 0) is 0 Å². The van der Waals surface area contributed by atoms with Gasteiger partial charge in [-0.15, -0.1) is 0 Å². The molecular formula is C54H36N2. The Bertz CT molecular complexity index is 3210. The Morgan fingerprint density at radius 1 is 0.232 bits per heavy atom. The molecule has 0 aliphatic heterocycles. The van der Waals surface area contributed by atoms with E-state index in [1.807, 2.05) is 0 Å². The molecule has 2 heteroatoms. The Hall–Kier alpha value is -7.42. The summed E-state index contributed by atoms with van der Waals surface area (Å²) in [6, 6.07) is 79.4. The van der Waals surface area contributed by atoms with Gasteiger partial charge in [0.15, 0.2) is 0 Å². The fourth-order valence-corrected chi connectivity index (χ4v) is 8.67. The minimum atomic E-state index is 1.16. The standard InChI is InChI=1S/C54H36N2/c1-5-15-37(16-6-1)40-26-30-51(47(33-40)39-19-9-3-10-20-39)56-50-24-14-13-23-45(50)48-34-42(28-32-53(48)56)41-27-31-52-49(35-41)46-29-25-43(38-17-7-2-8-18-38)36-54(46)55(52)44-21-11-4-12-22-44/h1-36H. The van der Waals surface area contributed by atoms with Gasteiger partial charge in [0.05, 0.1) is 27.8 Å². The molecule has 0 radical (unpaired) electrons. The van der Waals surface area contributed by atoms with Gasteiger partial charge >= 0.3 is 0 Å². The summed E-state index contributed by atoms with van der Waals surface area (Å²) in [5.74, 6) is 0. The van der Waals surface area contributed by atoms with Crippen LogP contribution in [0.4, 0.5) is 0 Å². The van der Waals surface area contributed by atoms with Crippen LogP contribution >= 0.6 is 0 Å². The van der Waals surface area contributed by atoms with E-state index < -0.39 is 0 Å². The molecule has 0 unspecified atom stereocenters. The summed E-state index contributed by atoms with van der Waals surface area (Å²) in [5, 5.41) is 4.97. The van der Waals surface area contributed by atoms with Crippen LogP contribution in [-0.4, -0.2) is 9.13 Å². The molecule has 0 saturated carbocycles. The summed E-state index contributed by atoms with van der Waals surface area (Å²) >= 11 is 0. The van der Waals surface area contributed by atoms with Crippen LogP contribution < -0.4 is 0 Å². The Morgan fingerprint density at radius 2 is 0.679 bits per heavy atom. The largest absolute Gasteiger partial charge is 0.309 e. The van der Waals surface area contributed by atoms with E-state index in [2.05, 4.69) is 228 Å². The monoisotopic (exact) mass is 712 g/mol. The predicted octanol–water partition coefficient (Wildman–Crippen LogP) is 14.5. The van der Waals surface area contributed by atoms with E-state index in [0.717, 1.165) is 5.69 Å². The van der Waals surface area contributed by atoms with Crippen LogP contribution in [0.15, 0.2) is 218 Å². The first kappa shape index (κ1) is 32.0. The number of fused-ring (bicyclic) bond motifs is 6. The quantitative estimate of drug-likeness (QED) is 0.162. The van der Waals surface area contributed by atoms with Crippen molar-refractivity contribution in [3.8, 4) is 55.9 Å². The van der Waals surface area contributed by atoms with Crippen LogP contribution in [0.5, 0.6) is 0 Å². The van der Waals surface area contributed by atoms with E-state index >= 15 is 0 Å². The zero-order valence-corrected chi connectivity index (χ0v) is 30.7. The molecule has 56 heavy (non-hydrogen) atoms. The molecule has 0 aliphatic carbocycles. The average Bonchev–Trinajstić information content (AvgIpc) is 3.79. The van der Waals surface area contributed by atoms with E-state index in [-0.39, 0.29) is 0 Å². The molecule has 0 spiro atoms. The van der Waals surface area contributed by atoms with Gasteiger partial charge in [-0.3, -0.25) is 0 Å². The maximum Gasteiger partial charge on any atom is 0.0547 e. The highest BCUT2D eigenvalue weighted by Gasteiger charge is 2.19. The van der Waals surface area contributed by atoms with Gasteiger partial charge in [0, 0.05) is 32.8 Å². The second-order valence-corrected chi connectivity index (χ2v) is 14.5. The summed E-state index contributed by atoms with van der Waals surface area (Å²) in [5.41, 5.74) is 16.8. The molecule has 262 valence electrons. The lowest BCUT2D eigenvalue weighted by Crippen LogP contribution is -1.98. The molecule has 0 bridgehead atoms. The molecule has 0 atom stereocenters. The van der Waals surface area contributed by atoms with Gasteiger partial charge in [0.2, 0.25) is 0 Å². The van der Waals surface area contributed by atoms with Crippen LogP contribution in [0.1, 0.15) is 0 Å². The molecule has 11 rings (SSSR count). The van der Waals surface area contributed by atoms with E-state index in [4.69, 9.17) is 0 Å². The smallest absolute Gasteiger partial charge is 0.0547 e. The van der Waals surface area contributed by atoms with Gasteiger partial charge in [0.1, 0.15) is 0 Å². The van der Waals surface area contributed by atoms with Crippen molar-refractivity contribution >= 4 is 43.6 Å². The van der Waals surface area contributed by atoms with Crippen molar-refractivity contribution in [3.63, 3.8) is 0 Å². The zero-order valence-electron chi connectivity index (χ0n) is 30.7. The predicted molar refractivity (Wildman–Crippen MR) is 237 cm³/mol. The molecule has 0 N–H and O–H groups in total. The number of aromatic nitrogens is 2. The summed E-state index contributed by atoms with van der Waals surface area (Å²) in [6.07, 6.45) is 0. The van der Waals surface area contributed by atoms with Crippen molar-refractivity contribution in [1.29, 1.82) is 0 Å². The minimum absolute atomic E-state index is 1.16. The molecule has 0 saturated heterocycles. The average molecular weight is 713 g/mol. The molecule has 9 aromatic carbocycles. The molecule has 0 amide bonds. The summed E-state index contributed by atoms with van der Waals surface area (Å²) in [7, 11) is 0. The van der Waals surface area contributed by atoms with E-state index in [1.165, 1.54) is 93.8 Å². The Labute approximate surface area is 325 Å². The number of rotatable bonds is 6. The Morgan fingerprint density at radius 3 is 1.32 bits per heavy atom. The zero-order chi connectivity index (χ0) is 37.0. The van der Waals surface area contributed by atoms with Crippen molar-refractivity contribution in [3.05, 3.63) is 218 Å². The van der Waals surface area contributed by atoms with Crippen LogP contribution in [0.3, 0.4) is 0 Å². The second kappa shape index (κ2) is 13.2. The minimum Gasteiger partial charge on any atom is -0.309 e. The van der Waals surface area contributed by atoms with Crippen LogP contribution in [0.25, 0.3) is 99.5 Å². The summed E-state index contributed by atoms with van der Waals surface area (Å²) < 4.78 is 4.86. The maximum absolute atomic E-state index is 2.45. The fourth-order valence-electron chi connectivity index (χ4n) is 8.67. The normalized spacial score (nSPS) is 11.6. The number of nitrogens with zero attached hydrogens (tertiary/aromatic N) is 2. The third-order valence-electron chi connectivity index (χ3n) is 11.3. The molecule has 2 nitrogen and oxygen atoms in total. The summed E-state index contributed by atoms with van der Waals surface area (Å²) in [6.45, 7) is 0. The topological polar surface area (TPSA) is 9.86 Å². The first-order chi connectivity index (χ1) is 27.8. The molecule has 2 aromatic heterocycles. The van der Waals surface area contributed by atoms with Gasteiger partial charge < -0.3 is 9.13 Å².